The van der Waals surface area contributed by atoms with Crippen LogP contribution in [0, 0.1) is 19.7 Å². The average molecular weight is 343 g/mol. The zero-order valence-corrected chi connectivity index (χ0v) is 13.1. The highest BCUT2D eigenvalue weighted by molar-refractivity contribution is 9.10. The fraction of sp³-hybridized carbons (Fsp3) is 0.200. The minimum atomic E-state index is -0.384. The highest BCUT2D eigenvalue weighted by Gasteiger charge is 2.05. The van der Waals surface area contributed by atoms with E-state index >= 15 is 0 Å². The van der Waals surface area contributed by atoms with Gasteiger partial charge in [0.2, 0.25) is 0 Å². The largest absolute Gasteiger partial charge is 0.381 e. The molecule has 19 heavy (non-hydrogen) atoms. The first-order chi connectivity index (χ1) is 8.97. The summed E-state index contributed by atoms with van der Waals surface area (Å²) in [4.78, 5) is 0. The number of aryl methyl sites for hydroxylation is 2. The van der Waals surface area contributed by atoms with Gasteiger partial charge in [-0.1, -0.05) is 33.6 Å². The Balaban J connectivity index is 2.16. The monoisotopic (exact) mass is 341 g/mol. The minimum absolute atomic E-state index is 0.153. The van der Waals surface area contributed by atoms with Gasteiger partial charge in [-0.25, -0.2) is 4.39 Å². The molecule has 0 amide bonds. The first kappa shape index (κ1) is 14.4. The Kier molecular flexibility index (Phi) is 4.48. The van der Waals surface area contributed by atoms with Gasteiger partial charge in [0.1, 0.15) is 5.82 Å². The highest BCUT2D eigenvalue weighted by atomic mass is 79.9. The first-order valence-corrected chi connectivity index (χ1v) is 7.09. The van der Waals surface area contributed by atoms with Gasteiger partial charge in [-0.2, -0.15) is 0 Å². The van der Waals surface area contributed by atoms with E-state index in [0.717, 1.165) is 26.9 Å². The lowest BCUT2D eigenvalue weighted by molar-refractivity contribution is 0.626. The van der Waals surface area contributed by atoms with E-state index in [1.54, 1.807) is 6.07 Å². The van der Waals surface area contributed by atoms with Gasteiger partial charge < -0.3 is 5.32 Å². The Morgan fingerprint density at radius 1 is 1.16 bits per heavy atom. The van der Waals surface area contributed by atoms with Crippen LogP contribution in [-0.2, 0) is 6.54 Å². The van der Waals surface area contributed by atoms with Gasteiger partial charge in [-0.3, -0.25) is 0 Å². The second kappa shape index (κ2) is 5.93. The fourth-order valence-corrected chi connectivity index (χ4v) is 2.83. The van der Waals surface area contributed by atoms with Crippen LogP contribution in [-0.4, -0.2) is 0 Å². The van der Waals surface area contributed by atoms with Crippen molar-refractivity contribution in [1.29, 1.82) is 0 Å². The molecule has 0 aliphatic carbocycles. The van der Waals surface area contributed by atoms with Crippen LogP contribution in [0.25, 0.3) is 0 Å². The van der Waals surface area contributed by atoms with Crippen LogP contribution < -0.4 is 5.32 Å². The molecule has 2 rings (SSSR count). The van der Waals surface area contributed by atoms with Gasteiger partial charge >= 0.3 is 0 Å². The van der Waals surface area contributed by atoms with Crippen LogP contribution in [0.2, 0.25) is 5.02 Å². The van der Waals surface area contributed by atoms with Gasteiger partial charge in [-0.15, -0.1) is 0 Å². The van der Waals surface area contributed by atoms with Gasteiger partial charge in [0, 0.05) is 16.7 Å². The minimum Gasteiger partial charge on any atom is -0.381 e. The molecule has 0 saturated heterocycles. The first-order valence-electron chi connectivity index (χ1n) is 5.92. The zero-order chi connectivity index (χ0) is 14.0. The number of hydrogen-bond donors (Lipinski definition) is 1. The normalized spacial score (nSPS) is 10.6. The molecule has 2 aromatic carbocycles. The second-order valence-corrected chi connectivity index (χ2v) is 5.84. The molecule has 100 valence electrons. The van der Waals surface area contributed by atoms with Crippen molar-refractivity contribution < 1.29 is 4.39 Å². The molecule has 0 bridgehead atoms. The molecular weight excluding hydrogens is 329 g/mol. The zero-order valence-electron chi connectivity index (χ0n) is 10.7. The Morgan fingerprint density at radius 2 is 1.79 bits per heavy atom. The topological polar surface area (TPSA) is 12.0 Å². The molecule has 0 unspecified atom stereocenters. The van der Waals surface area contributed by atoms with E-state index in [9.17, 15) is 4.39 Å². The molecule has 0 aliphatic heterocycles. The molecule has 4 heteroatoms. The van der Waals surface area contributed by atoms with Crippen molar-refractivity contribution in [2.75, 3.05) is 5.32 Å². The maximum absolute atomic E-state index is 13.4. The number of nitrogens with one attached hydrogen (secondary N) is 1. The average Bonchev–Trinajstić information content (AvgIpc) is 2.32. The summed E-state index contributed by atoms with van der Waals surface area (Å²) in [6, 6.07) is 8.96. The van der Waals surface area contributed by atoms with E-state index in [1.165, 1.54) is 6.07 Å². The molecule has 1 nitrogen and oxygen atoms in total. The third kappa shape index (κ3) is 3.48. The number of halogens is 3. The van der Waals surface area contributed by atoms with Crippen molar-refractivity contribution in [1.82, 2.24) is 0 Å². The van der Waals surface area contributed by atoms with Crippen LogP contribution in [0.1, 0.15) is 16.7 Å². The summed E-state index contributed by atoms with van der Waals surface area (Å²) >= 11 is 9.13. The Labute approximate surface area is 125 Å². The summed E-state index contributed by atoms with van der Waals surface area (Å²) in [5.41, 5.74) is 4.25. The van der Waals surface area contributed by atoms with Crippen LogP contribution in [0.4, 0.5) is 10.1 Å². The van der Waals surface area contributed by atoms with E-state index in [0.29, 0.717) is 6.54 Å². The van der Waals surface area contributed by atoms with Crippen LogP contribution in [0.5, 0.6) is 0 Å². The van der Waals surface area contributed by atoms with Gasteiger partial charge in [0.25, 0.3) is 0 Å². The summed E-state index contributed by atoms with van der Waals surface area (Å²) < 4.78 is 14.4. The van der Waals surface area contributed by atoms with Crippen molar-refractivity contribution in [2.24, 2.45) is 0 Å². The predicted octanol–water partition coefficient (Wildman–Crippen LogP) is 5.47. The predicted molar refractivity (Wildman–Crippen MR) is 82.4 cm³/mol. The number of rotatable bonds is 3. The standard InChI is InChI=1S/C15H14BrClFN/c1-9-5-12(16)6-10(2)15(9)19-8-11-3-4-13(17)14(18)7-11/h3-7,19H,8H2,1-2H3. The lowest BCUT2D eigenvalue weighted by atomic mass is 10.1. The Bertz CT molecular complexity index is 590. The molecule has 1 N–H and O–H groups in total. The Morgan fingerprint density at radius 3 is 2.37 bits per heavy atom. The molecule has 2 aromatic rings. The van der Waals surface area contributed by atoms with E-state index in [-0.39, 0.29) is 10.8 Å². The number of hydrogen-bond acceptors (Lipinski definition) is 1. The summed E-state index contributed by atoms with van der Waals surface area (Å²) in [7, 11) is 0. The molecule has 0 saturated carbocycles. The maximum atomic E-state index is 13.4. The van der Waals surface area contributed by atoms with Crippen molar-refractivity contribution >= 4 is 33.2 Å². The van der Waals surface area contributed by atoms with Crippen molar-refractivity contribution in [2.45, 2.75) is 20.4 Å². The molecule has 0 fully saturated rings. The number of anilines is 1. The Hall–Kier alpha value is -1.06. The molecule has 0 aliphatic rings. The smallest absolute Gasteiger partial charge is 0.142 e. The molecule has 0 heterocycles. The van der Waals surface area contributed by atoms with Crippen LogP contribution in [0.3, 0.4) is 0 Å². The van der Waals surface area contributed by atoms with E-state index < -0.39 is 0 Å². The molecular formula is C15H14BrClFN. The van der Waals surface area contributed by atoms with Crippen LogP contribution >= 0.6 is 27.5 Å². The fourth-order valence-electron chi connectivity index (χ4n) is 2.03. The number of benzene rings is 2. The van der Waals surface area contributed by atoms with Crippen molar-refractivity contribution in [3.8, 4) is 0 Å². The van der Waals surface area contributed by atoms with Crippen molar-refractivity contribution in [3.05, 3.63) is 62.3 Å². The lowest BCUT2D eigenvalue weighted by Gasteiger charge is -2.13. The molecule has 0 atom stereocenters. The molecule has 0 aromatic heterocycles. The van der Waals surface area contributed by atoms with E-state index in [4.69, 9.17) is 11.6 Å². The summed E-state index contributed by atoms with van der Waals surface area (Å²) in [6.07, 6.45) is 0. The van der Waals surface area contributed by atoms with Crippen molar-refractivity contribution in [3.63, 3.8) is 0 Å². The SMILES string of the molecule is Cc1cc(Br)cc(C)c1NCc1ccc(Cl)c(F)c1. The highest BCUT2D eigenvalue weighted by Crippen LogP contribution is 2.26. The van der Waals surface area contributed by atoms with Gasteiger partial charge in [-0.05, 0) is 54.8 Å². The quantitative estimate of drug-likeness (QED) is 0.780. The van der Waals surface area contributed by atoms with Gasteiger partial charge in [0.05, 0.1) is 5.02 Å². The van der Waals surface area contributed by atoms with E-state index in [2.05, 4.69) is 33.4 Å². The van der Waals surface area contributed by atoms with E-state index in [1.807, 2.05) is 19.9 Å². The summed E-state index contributed by atoms with van der Waals surface area (Å²) in [6.45, 7) is 4.66. The molecule has 0 radical (unpaired) electrons. The summed E-state index contributed by atoms with van der Waals surface area (Å²) in [5.74, 6) is -0.384. The molecule has 0 spiro atoms. The van der Waals surface area contributed by atoms with Crippen LogP contribution in [0.15, 0.2) is 34.8 Å². The summed E-state index contributed by atoms with van der Waals surface area (Å²) in [5, 5.41) is 3.49. The maximum Gasteiger partial charge on any atom is 0.142 e. The third-order valence-corrected chi connectivity index (χ3v) is 3.72. The lowest BCUT2D eigenvalue weighted by Crippen LogP contribution is -2.03. The third-order valence-electron chi connectivity index (χ3n) is 2.95. The second-order valence-electron chi connectivity index (χ2n) is 4.52. The van der Waals surface area contributed by atoms with Gasteiger partial charge in [0.15, 0.2) is 0 Å².